The van der Waals surface area contributed by atoms with Gasteiger partial charge in [-0.1, -0.05) is 18.2 Å². The second kappa shape index (κ2) is 11.1. The number of furan rings is 1. The smallest absolute Gasteiger partial charge is 0.329 e. The minimum absolute atomic E-state index is 0.212. The fraction of sp³-hybridized carbons (Fsp3) is 0.316. The van der Waals surface area contributed by atoms with Gasteiger partial charge in [0.2, 0.25) is 0 Å². The van der Waals surface area contributed by atoms with E-state index in [1.54, 1.807) is 54.2 Å². The van der Waals surface area contributed by atoms with E-state index in [0.29, 0.717) is 23.5 Å². The standard InChI is InChI=1S/C19H22N2O5S/c1-27-11-9-16(21-18(23)14-6-3-2-4-7-14)19(24)26-13-17(22)20-12-15-8-5-10-25-15/h2-8,10,16H,9,11-13H2,1H3,(H,20,22)(H,21,23)/t16-/m0/s1. The van der Waals surface area contributed by atoms with Crippen LogP contribution in [0.25, 0.3) is 0 Å². The first-order valence-corrected chi connectivity index (χ1v) is 9.80. The average molecular weight is 390 g/mol. The molecule has 0 spiro atoms. The number of ether oxygens (including phenoxy) is 1. The Morgan fingerprint density at radius 1 is 1.15 bits per heavy atom. The molecule has 1 aromatic heterocycles. The molecule has 2 amide bonds. The molecule has 2 rings (SSSR count). The molecule has 8 heteroatoms. The Morgan fingerprint density at radius 2 is 1.93 bits per heavy atom. The fourth-order valence-electron chi connectivity index (χ4n) is 2.20. The van der Waals surface area contributed by atoms with E-state index in [1.165, 1.54) is 6.26 Å². The lowest BCUT2D eigenvalue weighted by atomic mass is 10.1. The summed E-state index contributed by atoms with van der Waals surface area (Å²) in [5, 5.41) is 5.26. The molecule has 0 radical (unpaired) electrons. The zero-order chi connectivity index (χ0) is 19.5. The molecule has 2 N–H and O–H groups in total. The summed E-state index contributed by atoms with van der Waals surface area (Å²) in [5.74, 6) is -0.178. The third-order valence-electron chi connectivity index (χ3n) is 3.62. The van der Waals surface area contributed by atoms with Crippen LogP contribution in [0.5, 0.6) is 0 Å². The van der Waals surface area contributed by atoms with E-state index in [9.17, 15) is 14.4 Å². The summed E-state index contributed by atoms with van der Waals surface area (Å²) < 4.78 is 10.2. The number of hydrogen-bond donors (Lipinski definition) is 2. The SMILES string of the molecule is CSCC[C@H](NC(=O)c1ccccc1)C(=O)OCC(=O)NCc1ccco1. The van der Waals surface area contributed by atoms with Gasteiger partial charge in [-0.25, -0.2) is 4.79 Å². The van der Waals surface area contributed by atoms with Crippen LogP contribution in [-0.4, -0.2) is 42.4 Å². The number of carbonyl (C=O) groups is 3. The second-order valence-corrected chi connectivity index (χ2v) is 6.62. The quantitative estimate of drug-likeness (QED) is 0.602. The third-order valence-corrected chi connectivity index (χ3v) is 4.27. The molecule has 0 aliphatic carbocycles. The average Bonchev–Trinajstić information content (AvgIpc) is 3.21. The number of rotatable bonds is 10. The molecule has 0 bridgehead atoms. The van der Waals surface area contributed by atoms with Crippen molar-refractivity contribution in [3.63, 3.8) is 0 Å². The maximum Gasteiger partial charge on any atom is 0.329 e. The molecule has 0 fully saturated rings. The predicted octanol–water partition coefficient (Wildman–Crippen LogP) is 1.99. The second-order valence-electron chi connectivity index (χ2n) is 5.64. The Balaban J connectivity index is 1.83. The van der Waals surface area contributed by atoms with Crippen molar-refractivity contribution in [2.45, 2.75) is 19.0 Å². The van der Waals surface area contributed by atoms with Crippen LogP contribution in [0.4, 0.5) is 0 Å². The van der Waals surface area contributed by atoms with E-state index in [2.05, 4.69) is 10.6 Å². The number of carbonyl (C=O) groups excluding carboxylic acids is 3. The highest BCUT2D eigenvalue weighted by atomic mass is 32.2. The number of hydrogen-bond acceptors (Lipinski definition) is 6. The molecule has 0 saturated heterocycles. The molecule has 144 valence electrons. The molecule has 1 atom stereocenters. The maximum absolute atomic E-state index is 12.3. The molecule has 1 aromatic carbocycles. The number of esters is 1. The van der Waals surface area contributed by atoms with Crippen molar-refractivity contribution in [3.8, 4) is 0 Å². The molecule has 27 heavy (non-hydrogen) atoms. The first-order chi connectivity index (χ1) is 13.1. The summed E-state index contributed by atoms with van der Waals surface area (Å²) in [6.07, 6.45) is 3.82. The number of nitrogens with one attached hydrogen (secondary N) is 2. The zero-order valence-corrected chi connectivity index (χ0v) is 15.8. The highest BCUT2D eigenvalue weighted by Gasteiger charge is 2.23. The van der Waals surface area contributed by atoms with Gasteiger partial charge in [-0.2, -0.15) is 11.8 Å². The Morgan fingerprint density at radius 3 is 2.59 bits per heavy atom. The summed E-state index contributed by atoms with van der Waals surface area (Å²) in [6.45, 7) is -0.208. The van der Waals surface area contributed by atoms with Crippen molar-refractivity contribution in [3.05, 3.63) is 60.1 Å². The predicted molar refractivity (Wildman–Crippen MR) is 102 cm³/mol. The summed E-state index contributed by atoms with van der Waals surface area (Å²) in [6, 6.07) is 11.2. The topological polar surface area (TPSA) is 97.6 Å². The fourth-order valence-corrected chi connectivity index (χ4v) is 2.67. The van der Waals surface area contributed by atoms with Gasteiger partial charge in [-0.05, 0) is 42.7 Å². The normalized spacial score (nSPS) is 11.4. The van der Waals surface area contributed by atoms with Gasteiger partial charge < -0.3 is 19.8 Å². The molecule has 1 heterocycles. The van der Waals surface area contributed by atoms with Crippen molar-refractivity contribution in [2.75, 3.05) is 18.6 Å². The van der Waals surface area contributed by atoms with Gasteiger partial charge in [0.25, 0.3) is 11.8 Å². The summed E-state index contributed by atoms with van der Waals surface area (Å²) in [5.41, 5.74) is 0.454. The van der Waals surface area contributed by atoms with E-state index < -0.39 is 24.5 Å². The summed E-state index contributed by atoms with van der Waals surface area (Å²) >= 11 is 1.55. The minimum atomic E-state index is -0.817. The first-order valence-electron chi connectivity index (χ1n) is 8.40. The molecule has 2 aromatic rings. The van der Waals surface area contributed by atoms with Gasteiger partial charge in [0, 0.05) is 5.56 Å². The highest BCUT2D eigenvalue weighted by molar-refractivity contribution is 7.98. The number of amides is 2. The van der Waals surface area contributed by atoms with Gasteiger partial charge in [-0.15, -0.1) is 0 Å². The molecule has 0 aliphatic heterocycles. The van der Waals surface area contributed by atoms with Gasteiger partial charge in [0.05, 0.1) is 12.8 Å². The van der Waals surface area contributed by atoms with E-state index in [-0.39, 0.29) is 12.5 Å². The lowest BCUT2D eigenvalue weighted by Gasteiger charge is -2.17. The lowest BCUT2D eigenvalue weighted by molar-refractivity contribution is -0.150. The van der Waals surface area contributed by atoms with Crippen LogP contribution in [0.1, 0.15) is 22.5 Å². The van der Waals surface area contributed by atoms with Crippen molar-refractivity contribution in [1.82, 2.24) is 10.6 Å². The molecular formula is C19H22N2O5S. The van der Waals surface area contributed by atoms with Crippen LogP contribution >= 0.6 is 11.8 Å². The lowest BCUT2D eigenvalue weighted by Crippen LogP contribution is -2.43. The van der Waals surface area contributed by atoms with Gasteiger partial charge >= 0.3 is 5.97 Å². The van der Waals surface area contributed by atoms with Crippen molar-refractivity contribution in [2.24, 2.45) is 0 Å². The zero-order valence-electron chi connectivity index (χ0n) is 15.0. The van der Waals surface area contributed by atoms with Crippen molar-refractivity contribution >= 4 is 29.5 Å². The molecule has 7 nitrogen and oxygen atoms in total. The molecule has 0 unspecified atom stereocenters. The molecule has 0 saturated carbocycles. The maximum atomic E-state index is 12.3. The van der Waals surface area contributed by atoms with E-state index in [1.807, 2.05) is 6.26 Å². The van der Waals surface area contributed by atoms with Crippen LogP contribution in [-0.2, 0) is 20.9 Å². The first kappa shape index (κ1) is 20.6. The molecular weight excluding hydrogens is 368 g/mol. The van der Waals surface area contributed by atoms with Crippen LogP contribution in [0.15, 0.2) is 53.1 Å². The summed E-state index contributed by atoms with van der Waals surface area (Å²) in [4.78, 5) is 36.4. The van der Waals surface area contributed by atoms with Crippen LogP contribution < -0.4 is 10.6 Å². The van der Waals surface area contributed by atoms with Crippen LogP contribution in [0.2, 0.25) is 0 Å². The molecule has 0 aliphatic rings. The Kier molecular flexibility index (Phi) is 8.44. The van der Waals surface area contributed by atoms with Gasteiger partial charge in [-0.3, -0.25) is 9.59 Å². The Hall–Kier alpha value is -2.74. The van der Waals surface area contributed by atoms with Gasteiger partial charge in [0.15, 0.2) is 6.61 Å². The minimum Gasteiger partial charge on any atom is -0.467 e. The Labute approximate surface area is 161 Å². The van der Waals surface area contributed by atoms with Crippen molar-refractivity contribution < 1.29 is 23.5 Å². The largest absolute Gasteiger partial charge is 0.467 e. The summed E-state index contributed by atoms with van der Waals surface area (Å²) in [7, 11) is 0. The van der Waals surface area contributed by atoms with E-state index in [0.717, 1.165) is 0 Å². The van der Waals surface area contributed by atoms with Crippen LogP contribution in [0.3, 0.4) is 0 Å². The van der Waals surface area contributed by atoms with Gasteiger partial charge in [0.1, 0.15) is 11.8 Å². The number of benzene rings is 1. The monoisotopic (exact) mass is 390 g/mol. The van der Waals surface area contributed by atoms with Crippen molar-refractivity contribution in [1.29, 1.82) is 0 Å². The number of thioether (sulfide) groups is 1. The van der Waals surface area contributed by atoms with E-state index >= 15 is 0 Å². The highest BCUT2D eigenvalue weighted by Crippen LogP contribution is 2.06. The Bertz CT molecular complexity index is 734. The third kappa shape index (κ3) is 7.18. The van der Waals surface area contributed by atoms with Crippen LogP contribution in [0, 0.1) is 0 Å². The van der Waals surface area contributed by atoms with E-state index in [4.69, 9.17) is 9.15 Å².